The predicted molar refractivity (Wildman–Crippen MR) is 274 cm³/mol. The summed E-state index contributed by atoms with van der Waals surface area (Å²) >= 11 is 0. The molecule has 5 nitrogen and oxygen atoms in total. The highest BCUT2D eigenvalue weighted by Crippen LogP contribution is 2.40. The number of fused-ring (bicyclic) bond motifs is 4. The second kappa shape index (κ2) is 16.6. The molecule has 0 bridgehead atoms. The Kier molecular flexibility index (Phi) is 9.08. The summed E-state index contributed by atoms with van der Waals surface area (Å²) in [6.45, 7) is 19.3. The molecular formula is C61H58N4O. The Labute approximate surface area is 398 Å². The highest BCUT2D eigenvalue weighted by atomic mass is 16.5. The van der Waals surface area contributed by atoms with Gasteiger partial charge in [-0.2, -0.15) is 0 Å². The largest absolute Gasteiger partial charge is 0.458 e. The number of para-hydroxylation sites is 4. The second-order valence-corrected chi connectivity index (χ2v) is 19.6. The van der Waals surface area contributed by atoms with Crippen LogP contribution in [0.3, 0.4) is 0 Å². The van der Waals surface area contributed by atoms with Crippen molar-refractivity contribution < 1.29 is 17.5 Å². The number of aromatic nitrogens is 4. The summed E-state index contributed by atoms with van der Waals surface area (Å²) in [5, 5.41) is 2.14. The monoisotopic (exact) mass is 868 g/mol. The van der Waals surface area contributed by atoms with Crippen molar-refractivity contribution in [3.05, 3.63) is 199 Å². The molecule has 1 atom stereocenters. The third-order valence-corrected chi connectivity index (χ3v) is 12.8. The minimum Gasteiger partial charge on any atom is -0.458 e. The summed E-state index contributed by atoms with van der Waals surface area (Å²) in [5.74, 6) is 1.25. The van der Waals surface area contributed by atoms with Crippen molar-refractivity contribution in [1.82, 2.24) is 14.1 Å². The van der Waals surface area contributed by atoms with Gasteiger partial charge in [-0.3, -0.25) is 13.7 Å². The Morgan fingerprint density at radius 3 is 2.00 bits per heavy atom. The van der Waals surface area contributed by atoms with Gasteiger partial charge < -0.3 is 4.74 Å². The number of ether oxygens (including phenoxy) is 1. The second-order valence-electron chi connectivity index (χ2n) is 19.6. The zero-order valence-corrected chi connectivity index (χ0v) is 39.1. The summed E-state index contributed by atoms with van der Waals surface area (Å²) < 4.78 is 66.4. The van der Waals surface area contributed by atoms with Crippen molar-refractivity contribution >= 4 is 32.8 Å². The van der Waals surface area contributed by atoms with Crippen LogP contribution in [0.1, 0.15) is 93.1 Å². The number of imidazole rings is 1. The Bertz CT molecular complexity index is 3720. The van der Waals surface area contributed by atoms with E-state index in [0.29, 0.717) is 22.7 Å². The van der Waals surface area contributed by atoms with Crippen molar-refractivity contribution in [2.45, 2.75) is 79.0 Å². The van der Waals surface area contributed by atoms with Crippen molar-refractivity contribution in [3.63, 3.8) is 0 Å². The van der Waals surface area contributed by atoms with Crippen LogP contribution in [0.2, 0.25) is 0 Å². The molecule has 0 radical (unpaired) electrons. The molecule has 0 aliphatic heterocycles. The molecule has 7 aromatic carbocycles. The normalized spacial score (nSPS) is 14.5. The van der Waals surface area contributed by atoms with Crippen LogP contribution in [0.15, 0.2) is 176 Å². The molecule has 0 saturated carbocycles. The maximum absolute atomic E-state index is 9.21. The lowest BCUT2D eigenvalue weighted by Gasteiger charge is -2.27. The third-order valence-electron chi connectivity index (χ3n) is 12.8. The van der Waals surface area contributed by atoms with Crippen LogP contribution in [0, 0.1) is 12.2 Å². The van der Waals surface area contributed by atoms with Crippen LogP contribution in [-0.4, -0.2) is 14.1 Å². The number of hydrogen-bond acceptors (Lipinski definition) is 2. The first-order valence-corrected chi connectivity index (χ1v) is 22.7. The van der Waals surface area contributed by atoms with E-state index in [1.54, 1.807) is 6.20 Å². The first-order valence-electron chi connectivity index (χ1n) is 25.7. The van der Waals surface area contributed by atoms with Gasteiger partial charge in [0, 0.05) is 24.4 Å². The molecule has 0 N–H and O–H groups in total. The van der Waals surface area contributed by atoms with Crippen LogP contribution in [0.4, 0.5) is 0 Å². The minimum atomic E-state index is -0.804. The molecule has 328 valence electrons. The van der Waals surface area contributed by atoms with E-state index in [1.165, 1.54) is 0 Å². The summed E-state index contributed by atoms with van der Waals surface area (Å²) in [4.78, 5) is 4.84. The average molecular weight is 869 g/mol. The Morgan fingerprint density at radius 2 is 1.27 bits per heavy atom. The van der Waals surface area contributed by atoms with Gasteiger partial charge in [-0.05, 0) is 110 Å². The zero-order valence-electron chi connectivity index (χ0n) is 45.1. The summed E-state index contributed by atoms with van der Waals surface area (Å²) in [6, 6.07) is 44.9. The van der Waals surface area contributed by atoms with E-state index in [1.807, 2.05) is 119 Å². The van der Waals surface area contributed by atoms with E-state index in [4.69, 9.17) is 13.8 Å². The third kappa shape index (κ3) is 7.87. The van der Waals surface area contributed by atoms with Crippen molar-refractivity contribution in [2.75, 3.05) is 0 Å². The van der Waals surface area contributed by atoms with Crippen LogP contribution in [0.5, 0.6) is 11.5 Å². The lowest BCUT2D eigenvalue weighted by molar-refractivity contribution is -0.571. The summed E-state index contributed by atoms with van der Waals surface area (Å²) in [7, 11) is 0. The molecule has 10 aromatic rings. The first kappa shape index (κ1) is 36.0. The van der Waals surface area contributed by atoms with Gasteiger partial charge in [0.1, 0.15) is 17.3 Å². The SMILES string of the molecule is [2H]c1c([2H])c([2H])c(-c2cccc(-c3cc(C(C)(C)C)cc(C(C)(C)C)c3)c2-[n+]2[c-]n(-c3cccc(Oc4ccc5c6ccccc6n(-c6cc(C([2H])(C)C(C)C)ccn6)c5c4)c3)c3ccccc32)c([2H])c1[2H]. The molecular weight excluding hydrogens is 805 g/mol. The predicted octanol–water partition coefficient (Wildman–Crippen LogP) is 15.7. The standard InChI is InChI=1S/C61H58N4O/c1-40(2)41(3)43-31-32-62-58(35-43)65-54-26-14-13-23-52(54)53-30-29-49(38-57(53)65)66-48-22-17-21-47(37-48)63-39-64(56-28-16-15-27-55(56)63)59-50(42-19-11-10-12-20-42)24-18-25-51(59)44-33-45(60(4,5)6)36-46(34-44)61(7,8)9/h10-38,40-41H,1-9H3/i10D,11D,12D,19D,20D,41D. The molecule has 0 amide bonds. The molecule has 0 fully saturated rings. The van der Waals surface area contributed by atoms with Crippen molar-refractivity contribution in [1.29, 1.82) is 0 Å². The van der Waals surface area contributed by atoms with E-state index in [-0.39, 0.29) is 34.4 Å². The highest BCUT2D eigenvalue weighted by molar-refractivity contribution is 6.09. The van der Waals surface area contributed by atoms with Gasteiger partial charge in [0.25, 0.3) is 6.33 Å². The van der Waals surface area contributed by atoms with Gasteiger partial charge in [0.2, 0.25) is 0 Å². The van der Waals surface area contributed by atoms with Gasteiger partial charge in [0.15, 0.2) is 0 Å². The number of hydrogen-bond donors (Lipinski definition) is 0. The maximum Gasteiger partial charge on any atom is 0.269 e. The Hall–Kier alpha value is -7.24. The molecule has 0 aliphatic carbocycles. The Morgan fingerprint density at radius 1 is 0.621 bits per heavy atom. The number of rotatable bonds is 9. The van der Waals surface area contributed by atoms with E-state index in [0.717, 1.165) is 72.2 Å². The van der Waals surface area contributed by atoms with E-state index in [9.17, 15) is 4.11 Å². The first-order chi connectivity index (χ1) is 34.1. The van der Waals surface area contributed by atoms with Gasteiger partial charge >= 0.3 is 0 Å². The topological polar surface area (TPSA) is 35.9 Å². The van der Waals surface area contributed by atoms with E-state index in [2.05, 4.69) is 103 Å². The van der Waals surface area contributed by atoms with Crippen LogP contribution >= 0.6 is 0 Å². The Balaban J connectivity index is 1.14. The van der Waals surface area contributed by atoms with E-state index >= 15 is 0 Å². The fourth-order valence-electron chi connectivity index (χ4n) is 8.87. The van der Waals surface area contributed by atoms with Gasteiger partial charge in [-0.25, -0.2) is 4.98 Å². The molecule has 0 aliphatic rings. The van der Waals surface area contributed by atoms with Gasteiger partial charge in [-0.1, -0.05) is 177 Å². The maximum atomic E-state index is 9.21. The minimum absolute atomic E-state index is 0.0945. The van der Waals surface area contributed by atoms with Crippen LogP contribution in [-0.2, 0) is 10.8 Å². The molecule has 10 rings (SSSR count). The van der Waals surface area contributed by atoms with Crippen molar-refractivity contribution in [2.24, 2.45) is 5.92 Å². The number of pyridine rings is 1. The van der Waals surface area contributed by atoms with Gasteiger partial charge in [-0.15, -0.1) is 0 Å². The van der Waals surface area contributed by atoms with Crippen molar-refractivity contribution in [3.8, 4) is 50.9 Å². The summed E-state index contributed by atoms with van der Waals surface area (Å²) in [5.41, 5.74) is 10.1. The lowest BCUT2D eigenvalue weighted by Crippen LogP contribution is -2.31. The number of nitrogens with zero attached hydrogens (tertiary/aromatic N) is 4. The molecule has 3 aromatic heterocycles. The molecule has 1 unspecified atom stereocenters. The van der Waals surface area contributed by atoms with Gasteiger partial charge in [0.05, 0.1) is 40.3 Å². The number of benzene rings is 7. The fraction of sp³-hybridized carbons (Fsp3) is 0.213. The average Bonchev–Trinajstić information content (AvgIpc) is 3.90. The molecule has 3 heterocycles. The smallest absolute Gasteiger partial charge is 0.269 e. The van der Waals surface area contributed by atoms with Crippen LogP contribution < -0.4 is 9.30 Å². The fourth-order valence-corrected chi connectivity index (χ4v) is 8.87. The molecule has 5 heteroatoms. The zero-order chi connectivity index (χ0) is 51.2. The van der Waals surface area contributed by atoms with E-state index < -0.39 is 24.0 Å². The molecule has 66 heavy (non-hydrogen) atoms. The van der Waals surface area contributed by atoms with Crippen LogP contribution in [0.25, 0.3) is 72.3 Å². The highest BCUT2D eigenvalue weighted by Gasteiger charge is 2.25. The summed E-state index contributed by atoms with van der Waals surface area (Å²) in [6.07, 6.45) is 5.48. The lowest BCUT2D eigenvalue weighted by atomic mass is 9.78. The molecule has 0 spiro atoms. The quantitative estimate of drug-likeness (QED) is 0.107. The molecule has 0 saturated heterocycles.